The van der Waals surface area contributed by atoms with E-state index in [9.17, 15) is 9.59 Å². The van der Waals surface area contributed by atoms with E-state index >= 15 is 0 Å². The summed E-state index contributed by atoms with van der Waals surface area (Å²) in [5.74, 6) is -1.38. The zero-order valence-corrected chi connectivity index (χ0v) is 7.89. The van der Waals surface area contributed by atoms with E-state index in [1.54, 1.807) is 0 Å². The van der Waals surface area contributed by atoms with Gasteiger partial charge in [0, 0.05) is 5.57 Å². The lowest BCUT2D eigenvalue weighted by Crippen LogP contribution is -2.15. The average molecular weight is 212 g/mol. The molecule has 1 heterocycles. The van der Waals surface area contributed by atoms with E-state index in [1.165, 1.54) is 7.11 Å². The van der Waals surface area contributed by atoms with Gasteiger partial charge in [0.1, 0.15) is 0 Å². The largest absolute Gasteiger partial charge is 0.469 e. The number of hydrogen-bond donors (Lipinski definition) is 1. The van der Waals surface area contributed by atoms with Crippen molar-refractivity contribution in [2.45, 2.75) is 6.42 Å². The van der Waals surface area contributed by atoms with Crippen molar-refractivity contribution >= 4 is 11.9 Å². The Kier molecular flexibility index (Phi) is 3.49. The number of rotatable bonds is 4. The van der Waals surface area contributed by atoms with E-state index in [0.29, 0.717) is 0 Å². The summed E-state index contributed by atoms with van der Waals surface area (Å²) in [5, 5.41) is 12.1. The number of carbonyl (C=O) groups excluding carboxylic acids is 2. The number of aromatic nitrogens is 4. The summed E-state index contributed by atoms with van der Waals surface area (Å²) in [5.41, 5.74) is -0.0494. The van der Waals surface area contributed by atoms with Gasteiger partial charge in [-0.25, -0.2) is 4.79 Å². The standard InChI is InChI=1S/C7H8N4O4/c1-4(3-5(12)14-2)6(13)15-7-8-10-11-9-7/h1,3H2,2H3,(H,8,9,10,11). The van der Waals surface area contributed by atoms with Gasteiger partial charge < -0.3 is 9.47 Å². The first-order chi connectivity index (χ1) is 7.13. The Morgan fingerprint density at radius 2 is 2.27 bits per heavy atom. The summed E-state index contributed by atoms with van der Waals surface area (Å²) in [6.45, 7) is 3.36. The third kappa shape index (κ3) is 3.18. The third-order valence-corrected chi connectivity index (χ3v) is 1.38. The first-order valence-corrected chi connectivity index (χ1v) is 3.83. The molecule has 1 aromatic heterocycles. The van der Waals surface area contributed by atoms with Crippen molar-refractivity contribution in [2.24, 2.45) is 0 Å². The molecule has 0 radical (unpaired) electrons. The maximum Gasteiger partial charge on any atom is 0.363 e. The lowest BCUT2D eigenvalue weighted by atomic mass is 10.2. The predicted molar refractivity (Wildman–Crippen MR) is 45.6 cm³/mol. The molecule has 0 fully saturated rings. The molecule has 0 atom stereocenters. The Hall–Kier alpha value is -2.25. The third-order valence-electron chi connectivity index (χ3n) is 1.38. The number of tetrazole rings is 1. The van der Waals surface area contributed by atoms with E-state index in [0.717, 1.165) is 0 Å². The average Bonchev–Trinajstić information content (AvgIpc) is 2.70. The number of esters is 2. The molecule has 0 saturated heterocycles. The van der Waals surface area contributed by atoms with E-state index in [4.69, 9.17) is 0 Å². The van der Waals surface area contributed by atoms with Crippen LogP contribution in [0.25, 0.3) is 0 Å². The van der Waals surface area contributed by atoms with Gasteiger partial charge in [0.15, 0.2) is 0 Å². The molecule has 15 heavy (non-hydrogen) atoms. The molecule has 1 aromatic rings. The van der Waals surface area contributed by atoms with Gasteiger partial charge in [0.05, 0.1) is 13.5 Å². The SMILES string of the molecule is C=C(CC(=O)OC)C(=O)Oc1nn[nH]n1. The van der Waals surface area contributed by atoms with Crippen molar-refractivity contribution in [1.29, 1.82) is 0 Å². The number of carbonyl (C=O) groups is 2. The molecule has 0 amide bonds. The van der Waals surface area contributed by atoms with Gasteiger partial charge in [-0.2, -0.15) is 5.21 Å². The van der Waals surface area contributed by atoms with E-state index in [1.807, 2.05) is 0 Å². The van der Waals surface area contributed by atoms with Crippen LogP contribution in [0, 0.1) is 0 Å². The molecule has 0 unspecified atom stereocenters. The normalized spacial score (nSPS) is 9.40. The molecule has 1 N–H and O–H groups in total. The summed E-state index contributed by atoms with van der Waals surface area (Å²) < 4.78 is 8.95. The monoisotopic (exact) mass is 212 g/mol. The first kappa shape index (κ1) is 10.8. The number of nitrogens with zero attached hydrogens (tertiary/aromatic N) is 3. The Morgan fingerprint density at radius 1 is 1.53 bits per heavy atom. The van der Waals surface area contributed by atoms with Crippen LogP contribution in [-0.4, -0.2) is 39.7 Å². The lowest BCUT2D eigenvalue weighted by molar-refractivity contribution is -0.141. The molecule has 0 saturated carbocycles. The van der Waals surface area contributed by atoms with Crippen molar-refractivity contribution in [3.8, 4) is 6.01 Å². The van der Waals surface area contributed by atoms with Gasteiger partial charge in [-0.05, 0) is 5.21 Å². The van der Waals surface area contributed by atoms with Crippen molar-refractivity contribution < 1.29 is 19.1 Å². The number of hydrogen-bond acceptors (Lipinski definition) is 7. The Balaban J connectivity index is 2.47. The Labute approximate surface area is 84.3 Å². The Bertz CT molecular complexity index is 372. The number of aromatic amines is 1. The van der Waals surface area contributed by atoms with Crippen LogP contribution < -0.4 is 4.74 Å². The highest BCUT2D eigenvalue weighted by molar-refractivity contribution is 5.94. The number of methoxy groups -OCH3 is 1. The molecule has 8 heteroatoms. The highest BCUT2D eigenvalue weighted by atomic mass is 16.6. The summed E-state index contributed by atoms with van der Waals surface area (Å²) in [6.07, 6.45) is -0.243. The molecular formula is C7H8N4O4. The van der Waals surface area contributed by atoms with Crippen LogP contribution in [-0.2, 0) is 14.3 Å². The van der Waals surface area contributed by atoms with Gasteiger partial charge in [-0.15, -0.1) is 0 Å². The molecule has 0 spiro atoms. The fourth-order valence-corrected chi connectivity index (χ4v) is 0.670. The van der Waals surface area contributed by atoms with Crippen LogP contribution in [0.4, 0.5) is 0 Å². The zero-order valence-electron chi connectivity index (χ0n) is 7.89. The minimum atomic E-state index is -0.804. The summed E-state index contributed by atoms with van der Waals surface area (Å²) in [4.78, 5) is 22.0. The molecule has 0 aliphatic rings. The minimum Gasteiger partial charge on any atom is -0.469 e. The van der Waals surface area contributed by atoms with Crippen LogP contribution in [0.3, 0.4) is 0 Å². The van der Waals surface area contributed by atoms with Crippen LogP contribution in [0.15, 0.2) is 12.2 Å². The second-order valence-corrected chi connectivity index (χ2v) is 2.44. The van der Waals surface area contributed by atoms with Crippen molar-refractivity contribution in [3.05, 3.63) is 12.2 Å². The van der Waals surface area contributed by atoms with Gasteiger partial charge in [-0.3, -0.25) is 4.79 Å². The number of ether oxygens (including phenoxy) is 2. The summed E-state index contributed by atoms with van der Waals surface area (Å²) in [7, 11) is 1.21. The highest BCUT2D eigenvalue weighted by Gasteiger charge is 2.15. The van der Waals surface area contributed by atoms with Crippen LogP contribution >= 0.6 is 0 Å². The predicted octanol–water partition coefficient (Wildman–Crippen LogP) is -0.776. The molecule has 0 aliphatic heterocycles. The highest BCUT2D eigenvalue weighted by Crippen LogP contribution is 2.04. The lowest BCUT2D eigenvalue weighted by Gasteiger charge is -2.01. The van der Waals surface area contributed by atoms with Gasteiger partial charge in [-0.1, -0.05) is 16.8 Å². The van der Waals surface area contributed by atoms with Crippen LogP contribution in [0.2, 0.25) is 0 Å². The maximum atomic E-state index is 11.2. The van der Waals surface area contributed by atoms with Gasteiger partial charge >= 0.3 is 17.9 Å². The summed E-state index contributed by atoms with van der Waals surface area (Å²) in [6, 6.07) is -0.231. The van der Waals surface area contributed by atoms with Crippen molar-refractivity contribution in [3.63, 3.8) is 0 Å². The Morgan fingerprint density at radius 3 is 2.80 bits per heavy atom. The fraction of sp³-hybridized carbons (Fsp3) is 0.286. The molecule has 0 bridgehead atoms. The first-order valence-electron chi connectivity index (χ1n) is 3.83. The molecule has 0 aliphatic carbocycles. The van der Waals surface area contributed by atoms with E-state index in [-0.39, 0.29) is 18.0 Å². The summed E-state index contributed by atoms with van der Waals surface area (Å²) >= 11 is 0. The van der Waals surface area contributed by atoms with Crippen molar-refractivity contribution in [1.82, 2.24) is 20.6 Å². The molecule has 1 rings (SSSR count). The molecular weight excluding hydrogens is 204 g/mol. The smallest absolute Gasteiger partial charge is 0.363 e. The minimum absolute atomic E-state index is 0.0494. The molecule has 0 aromatic carbocycles. The number of H-pyrrole nitrogens is 1. The molecule has 8 nitrogen and oxygen atoms in total. The topological polar surface area (TPSA) is 107 Å². The maximum absolute atomic E-state index is 11.2. The van der Waals surface area contributed by atoms with E-state index < -0.39 is 11.9 Å². The second kappa shape index (κ2) is 4.84. The quantitative estimate of drug-likeness (QED) is 0.515. The van der Waals surface area contributed by atoms with Crippen molar-refractivity contribution in [2.75, 3.05) is 7.11 Å². The second-order valence-electron chi connectivity index (χ2n) is 2.44. The van der Waals surface area contributed by atoms with Gasteiger partial charge in [0.25, 0.3) is 0 Å². The fourth-order valence-electron chi connectivity index (χ4n) is 0.670. The van der Waals surface area contributed by atoms with E-state index in [2.05, 4.69) is 36.7 Å². The van der Waals surface area contributed by atoms with Gasteiger partial charge in [0.2, 0.25) is 0 Å². The zero-order chi connectivity index (χ0) is 11.3. The molecule has 80 valence electrons. The number of nitrogens with one attached hydrogen (secondary N) is 1. The van der Waals surface area contributed by atoms with Crippen LogP contribution in [0.1, 0.15) is 6.42 Å². The van der Waals surface area contributed by atoms with Crippen LogP contribution in [0.5, 0.6) is 6.01 Å².